The molecule has 0 atom stereocenters. The number of nitrogens with one attached hydrogen (secondary N) is 2. The van der Waals surface area contributed by atoms with Crippen LogP contribution in [-0.4, -0.2) is 24.7 Å². The fourth-order valence-electron chi connectivity index (χ4n) is 3.18. The summed E-state index contributed by atoms with van der Waals surface area (Å²) in [5.74, 6) is 0.701. The normalized spacial score (nSPS) is 11.2. The van der Waals surface area contributed by atoms with Crippen LogP contribution >= 0.6 is 0 Å². The fourth-order valence-corrected chi connectivity index (χ4v) is 3.18. The number of H-pyrrole nitrogens is 1. The molecule has 0 bridgehead atoms. The van der Waals surface area contributed by atoms with E-state index < -0.39 is 0 Å². The highest BCUT2D eigenvalue weighted by Gasteiger charge is 2.13. The molecule has 5 rings (SSSR count). The number of fused-ring (bicyclic) bond motifs is 2. The number of para-hydroxylation sites is 1. The maximum absolute atomic E-state index is 9.96. The third-order valence-corrected chi connectivity index (χ3v) is 4.38. The minimum Gasteiger partial charge on any atom is -0.494 e. The van der Waals surface area contributed by atoms with Crippen LogP contribution in [0.25, 0.3) is 27.7 Å². The van der Waals surface area contributed by atoms with Gasteiger partial charge in [-0.1, -0.05) is 36.4 Å². The Morgan fingerprint density at radius 2 is 1.73 bits per heavy atom. The number of hydrogen-bond acceptors (Lipinski definition) is 4. The lowest BCUT2D eigenvalue weighted by molar-refractivity contribution is 0.462. The maximum atomic E-state index is 9.96. The molecule has 3 N–H and O–H groups in total. The van der Waals surface area contributed by atoms with Crippen molar-refractivity contribution in [2.75, 3.05) is 5.32 Å². The summed E-state index contributed by atoms with van der Waals surface area (Å²) in [6, 6.07) is 21.5. The fraction of sp³-hybridized carbons (Fsp3) is 0. The summed E-state index contributed by atoms with van der Waals surface area (Å²) in [6.07, 6.45) is 1.80. The van der Waals surface area contributed by atoms with Crippen molar-refractivity contribution in [3.05, 3.63) is 72.9 Å². The van der Waals surface area contributed by atoms with E-state index in [1.165, 1.54) is 0 Å². The predicted octanol–water partition coefficient (Wildman–Crippen LogP) is 4.33. The Morgan fingerprint density at radius 3 is 2.62 bits per heavy atom. The summed E-state index contributed by atoms with van der Waals surface area (Å²) in [6.45, 7) is 0. The summed E-state index contributed by atoms with van der Waals surface area (Å²) in [5.41, 5.74) is 3.56. The van der Waals surface area contributed by atoms with Gasteiger partial charge < -0.3 is 15.4 Å². The molecule has 6 heteroatoms. The van der Waals surface area contributed by atoms with Crippen molar-refractivity contribution in [3.63, 3.8) is 0 Å². The molecule has 126 valence electrons. The summed E-state index contributed by atoms with van der Waals surface area (Å²) in [7, 11) is 0. The third-order valence-electron chi connectivity index (χ3n) is 4.38. The van der Waals surface area contributed by atoms with E-state index in [2.05, 4.69) is 20.4 Å². The highest BCUT2D eigenvalue weighted by molar-refractivity contribution is 5.99. The van der Waals surface area contributed by atoms with Crippen LogP contribution in [0.1, 0.15) is 0 Å². The monoisotopic (exact) mass is 341 g/mol. The summed E-state index contributed by atoms with van der Waals surface area (Å²) in [5, 5.41) is 19.5. The first-order valence-electron chi connectivity index (χ1n) is 8.27. The second kappa shape index (κ2) is 5.63. The molecular formula is C20H15N5O. The van der Waals surface area contributed by atoms with Crippen molar-refractivity contribution in [1.82, 2.24) is 19.6 Å². The lowest BCUT2D eigenvalue weighted by Gasteiger charge is -2.05. The molecule has 5 aromatic rings. The number of hydrogen-bond donors (Lipinski definition) is 3. The van der Waals surface area contributed by atoms with Gasteiger partial charge >= 0.3 is 0 Å². The first kappa shape index (κ1) is 14.5. The van der Waals surface area contributed by atoms with E-state index in [0.29, 0.717) is 5.95 Å². The van der Waals surface area contributed by atoms with Crippen molar-refractivity contribution in [3.8, 4) is 17.1 Å². The molecule has 0 radical (unpaired) electrons. The van der Waals surface area contributed by atoms with E-state index in [1.807, 2.05) is 71.2 Å². The molecule has 0 aliphatic heterocycles. The minimum atomic E-state index is 0.166. The number of anilines is 2. The zero-order valence-electron chi connectivity index (χ0n) is 13.7. The van der Waals surface area contributed by atoms with Crippen molar-refractivity contribution >= 4 is 28.1 Å². The molecule has 3 aromatic heterocycles. The van der Waals surface area contributed by atoms with Gasteiger partial charge in [0, 0.05) is 28.2 Å². The number of pyridine rings is 1. The summed E-state index contributed by atoms with van der Waals surface area (Å²) < 4.78 is 1.81. The maximum Gasteiger partial charge on any atom is 0.247 e. The van der Waals surface area contributed by atoms with Crippen LogP contribution < -0.4 is 5.32 Å². The zero-order chi connectivity index (χ0) is 17.5. The van der Waals surface area contributed by atoms with Gasteiger partial charge in [-0.3, -0.25) is 0 Å². The minimum absolute atomic E-state index is 0.166. The van der Waals surface area contributed by atoms with Crippen LogP contribution in [0.3, 0.4) is 0 Å². The van der Waals surface area contributed by atoms with Crippen LogP contribution in [0.4, 0.5) is 11.6 Å². The van der Waals surface area contributed by atoms with Gasteiger partial charge in [-0.25, -0.2) is 4.52 Å². The largest absolute Gasteiger partial charge is 0.494 e. The average molecular weight is 341 g/mol. The molecule has 0 aliphatic rings. The lowest BCUT2D eigenvalue weighted by Crippen LogP contribution is -1.95. The molecule has 6 nitrogen and oxygen atoms in total. The second-order valence-corrected chi connectivity index (χ2v) is 6.01. The van der Waals surface area contributed by atoms with Crippen molar-refractivity contribution in [1.29, 1.82) is 0 Å². The van der Waals surface area contributed by atoms with Crippen molar-refractivity contribution in [2.24, 2.45) is 0 Å². The van der Waals surface area contributed by atoms with Gasteiger partial charge in [0.2, 0.25) is 5.95 Å². The van der Waals surface area contributed by atoms with Crippen molar-refractivity contribution < 1.29 is 5.11 Å². The van der Waals surface area contributed by atoms with Gasteiger partial charge in [-0.15, -0.1) is 5.10 Å². The van der Waals surface area contributed by atoms with Crippen LogP contribution in [0, 0.1) is 0 Å². The van der Waals surface area contributed by atoms with Crippen molar-refractivity contribution in [2.45, 2.75) is 0 Å². The molecule has 0 amide bonds. The Kier molecular flexibility index (Phi) is 3.15. The Balaban J connectivity index is 1.66. The highest BCUT2D eigenvalue weighted by atomic mass is 16.3. The molecule has 26 heavy (non-hydrogen) atoms. The summed E-state index contributed by atoms with van der Waals surface area (Å²) in [4.78, 5) is 7.43. The lowest BCUT2D eigenvalue weighted by atomic mass is 10.1. The van der Waals surface area contributed by atoms with Gasteiger partial charge in [0.25, 0.3) is 0 Å². The smallest absolute Gasteiger partial charge is 0.247 e. The molecule has 0 unspecified atom stereocenters. The van der Waals surface area contributed by atoms with E-state index in [0.717, 1.165) is 33.4 Å². The van der Waals surface area contributed by atoms with E-state index in [1.54, 1.807) is 6.20 Å². The van der Waals surface area contributed by atoms with E-state index in [9.17, 15) is 5.11 Å². The van der Waals surface area contributed by atoms with Crippen LogP contribution in [-0.2, 0) is 0 Å². The van der Waals surface area contributed by atoms with Crippen LogP contribution in [0.15, 0.2) is 72.9 Å². The van der Waals surface area contributed by atoms with Crippen LogP contribution in [0.5, 0.6) is 5.88 Å². The second-order valence-electron chi connectivity index (χ2n) is 6.01. The topological polar surface area (TPSA) is 78.2 Å². The van der Waals surface area contributed by atoms with Gasteiger partial charge in [0.05, 0.1) is 5.69 Å². The SMILES string of the molecule is Oc1[nH]cc2c(-c3cccc4nc(Nc5ccccc5)nn34)cccc12. The number of nitrogens with zero attached hydrogens (tertiary/aromatic N) is 3. The Hall–Kier alpha value is -3.80. The molecule has 0 spiro atoms. The quantitative estimate of drug-likeness (QED) is 0.456. The Morgan fingerprint density at radius 1 is 0.885 bits per heavy atom. The number of aromatic hydroxyl groups is 1. The first-order chi connectivity index (χ1) is 12.8. The van der Waals surface area contributed by atoms with E-state index >= 15 is 0 Å². The molecule has 3 heterocycles. The number of aromatic amines is 1. The summed E-state index contributed by atoms with van der Waals surface area (Å²) >= 11 is 0. The molecule has 0 fully saturated rings. The predicted molar refractivity (Wildman–Crippen MR) is 102 cm³/mol. The van der Waals surface area contributed by atoms with Gasteiger partial charge in [-0.05, 0) is 30.3 Å². The molecule has 2 aromatic carbocycles. The third kappa shape index (κ3) is 2.28. The molecular weight excluding hydrogens is 326 g/mol. The number of benzene rings is 2. The van der Waals surface area contributed by atoms with E-state index in [-0.39, 0.29) is 5.88 Å². The average Bonchev–Trinajstić information content (AvgIpc) is 3.25. The van der Waals surface area contributed by atoms with Gasteiger partial charge in [-0.2, -0.15) is 4.98 Å². The Bertz CT molecular complexity index is 1220. The van der Waals surface area contributed by atoms with Gasteiger partial charge in [0.15, 0.2) is 11.5 Å². The standard InChI is InChI=1S/C20H15N5O/c26-19-15-9-4-8-14(16(15)12-21-19)17-10-5-11-18-23-20(24-25(17)18)22-13-6-2-1-3-7-13/h1-12,21,26H,(H,22,24). The highest BCUT2D eigenvalue weighted by Crippen LogP contribution is 2.33. The number of rotatable bonds is 3. The van der Waals surface area contributed by atoms with E-state index in [4.69, 9.17) is 0 Å². The first-order valence-corrected chi connectivity index (χ1v) is 8.27. The number of aromatic nitrogens is 4. The Labute approximate surface area is 148 Å². The van der Waals surface area contributed by atoms with Crippen LogP contribution in [0.2, 0.25) is 0 Å². The van der Waals surface area contributed by atoms with Gasteiger partial charge in [0.1, 0.15) is 0 Å². The zero-order valence-corrected chi connectivity index (χ0v) is 13.7. The molecule has 0 saturated heterocycles. The molecule has 0 aliphatic carbocycles. The molecule has 0 saturated carbocycles.